The Labute approximate surface area is 105 Å². The maximum atomic E-state index is 11.4. The first kappa shape index (κ1) is 16.2. The number of carbonyl (C=O) groups excluding carboxylic acids is 2. The fourth-order valence-electron chi connectivity index (χ4n) is 1.14. The zero-order chi connectivity index (χ0) is 13.5. The Balaban J connectivity index is 4.45. The molecule has 0 amide bonds. The molecule has 0 N–H and O–H groups in total. The van der Waals surface area contributed by atoms with E-state index in [-0.39, 0.29) is 25.0 Å². The Morgan fingerprint density at radius 3 is 1.53 bits per heavy atom. The van der Waals surface area contributed by atoms with Gasteiger partial charge < -0.3 is 9.47 Å². The molecule has 0 aromatic carbocycles. The van der Waals surface area contributed by atoms with Crippen LogP contribution in [0.5, 0.6) is 0 Å². The van der Waals surface area contributed by atoms with Crippen LogP contribution in [0, 0.1) is 0 Å². The molecule has 0 aromatic heterocycles. The number of ether oxygens (including phenoxy) is 2. The molecule has 0 radical (unpaired) electrons. The molecule has 0 fully saturated rings. The van der Waals surface area contributed by atoms with E-state index in [1.807, 2.05) is 23.1 Å². The van der Waals surface area contributed by atoms with Crippen LogP contribution in [-0.2, 0) is 19.1 Å². The molecule has 0 aliphatic heterocycles. The van der Waals surface area contributed by atoms with Gasteiger partial charge in [0.2, 0.25) is 0 Å². The van der Waals surface area contributed by atoms with E-state index in [1.54, 1.807) is 13.8 Å². The monoisotopic (exact) mass is 265 g/mol. The van der Waals surface area contributed by atoms with E-state index in [0.29, 0.717) is 13.2 Å². The summed E-state index contributed by atoms with van der Waals surface area (Å²) >= 11 is 0. The number of esters is 2. The van der Waals surface area contributed by atoms with Gasteiger partial charge >= 0.3 is 11.9 Å². The predicted molar refractivity (Wildman–Crippen MR) is 70.2 cm³/mol. The minimum Gasteiger partial charge on any atom is -0.465 e. The Morgan fingerprint density at radius 2 is 1.29 bits per heavy atom. The lowest BCUT2D eigenvalue weighted by Crippen LogP contribution is -2.37. The van der Waals surface area contributed by atoms with E-state index in [4.69, 9.17) is 9.47 Å². The number of carbonyl (C=O) groups is 2. The molecule has 0 rings (SSSR count). The van der Waals surface area contributed by atoms with Crippen LogP contribution in [0.4, 0.5) is 0 Å². The third-order valence-electron chi connectivity index (χ3n) is 2.00. The van der Waals surface area contributed by atoms with Crippen LogP contribution in [0.3, 0.4) is 0 Å². The first-order valence-electron chi connectivity index (χ1n) is 5.55. The quantitative estimate of drug-likeness (QED) is 0.643. The van der Waals surface area contributed by atoms with Crippen LogP contribution in [0.25, 0.3) is 0 Å². The summed E-state index contributed by atoms with van der Waals surface area (Å²) < 4.78 is 11.6. The molecule has 0 atom stereocenters. The lowest BCUT2D eigenvalue weighted by molar-refractivity contribution is -0.145. The van der Waals surface area contributed by atoms with Gasteiger partial charge in [0.05, 0.1) is 13.2 Å². The molecule has 17 heavy (non-hydrogen) atoms. The SMILES string of the molecule is CCOC(=O)CN(CC(=O)OCC)S(C)(C)C. The van der Waals surface area contributed by atoms with Crippen molar-refractivity contribution in [2.45, 2.75) is 13.8 Å². The van der Waals surface area contributed by atoms with Crippen molar-refractivity contribution in [2.75, 3.05) is 45.1 Å². The van der Waals surface area contributed by atoms with E-state index in [0.717, 1.165) is 0 Å². The van der Waals surface area contributed by atoms with Crippen LogP contribution in [-0.4, -0.2) is 61.3 Å². The summed E-state index contributed by atoms with van der Waals surface area (Å²) in [6.07, 6.45) is 6.06. The maximum Gasteiger partial charge on any atom is 0.321 e. The normalized spacial score (nSPS) is 12.4. The highest BCUT2D eigenvalue weighted by molar-refractivity contribution is 8.30. The topological polar surface area (TPSA) is 55.8 Å². The predicted octanol–water partition coefficient (Wildman–Crippen LogP) is 1.02. The highest BCUT2D eigenvalue weighted by Crippen LogP contribution is 2.39. The third kappa shape index (κ3) is 7.23. The van der Waals surface area contributed by atoms with Gasteiger partial charge in [-0.25, -0.2) is 4.31 Å². The second kappa shape index (κ2) is 7.55. The van der Waals surface area contributed by atoms with Crippen molar-refractivity contribution in [1.29, 1.82) is 0 Å². The van der Waals surface area contributed by atoms with E-state index in [9.17, 15) is 9.59 Å². The van der Waals surface area contributed by atoms with Crippen molar-refractivity contribution >= 4 is 22.2 Å². The molecule has 102 valence electrons. The molecule has 0 saturated heterocycles. The van der Waals surface area contributed by atoms with E-state index < -0.39 is 10.2 Å². The van der Waals surface area contributed by atoms with Gasteiger partial charge in [-0.3, -0.25) is 9.59 Å². The molecule has 0 saturated carbocycles. The zero-order valence-electron chi connectivity index (χ0n) is 11.3. The summed E-state index contributed by atoms with van der Waals surface area (Å²) in [5, 5.41) is 0. The molecule has 0 aliphatic carbocycles. The lowest BCUT2D eigenvalue weighted by atomic mass is 10.5. The highest BCUT2D eigenvalue weighted by Gasteiger charge is 2.23. The van der Waals surface area contributed by atoms with Crippen LogP contribution in [0.1, 0.15) is 13.8 Å². The molecule has 0 heterocycles. The Bertz CT molecular complexity index is 243. The van der Waals surface area contributed by atoms with Gasteiger partial charge in [0.25, 0.3) is 0 Å². The molecule has 0 unspecified atom stereocenters. The third-order valence-corrected chi connectivity index (χ3v) is 3.80. The van der Waals surface area contributed by atoms with Crippen LogP contribution in [0.15, 0.2) is 0 Å². The zero-order valence-corrected chi connectivity index (χ0v) is 12.1. The second-order valence-electron chi connectivity index (χ2n) is 4.18. The lowest BCUT2D eigenvalue weighted by Gasteiger charge is -2.38. The van der Waals surface area contributed by atoms with Gasteiger partial charge in [-0.05, 0) is 32.6 Å². The van der Waals surface area contributed by atoms with Gasteiger partial charge in [-0.15, -0.1) is 0 Å². The molecule has 6 heteroatoms. The van der Waals surface area contributed by atoms with Crippen molar-refractivity contribution in [3.8, 4) is 0 Å². The number of hydrogen-bond donors (Lipinski definition) is 0. The molecule has 0 aliphatic rings. The largest absolute Gasteiger partial charge is 0.465 e. The second-order valence-corrected chi connectivity index (χ2v) is 8.24. The summed E-state index contributed by atoms with van der Waals surface area (Å²) in [6.45, 7) is 4.49. The first-order chi connectivity index (χ1) is 7.81. The van der Waals surface area contributed by atoms with Gasteiger partial charge in [-0.2, -0.15) is 10.2 Å². The van der Waals surface area contributed by atoms with Crippen LogP contribution >= 0.6 is 10.2 Å². The fraction of sp³-hybridized carbons (Fsp3) is 0.818. The average molecular weight is 265 g/mol. The van der Waals surface area contributed by atoms with Gasteiger partial charge in [0.15, 0.2) is 0 Å². The van der Waals surface area contributed by atoms with E-state index >= 15 is 0 Å². The van der Waals surface area contributed by atoms with Crippen molar-refractivity contribution < 1.29 is 19.1 Å². The maximum absolute atomic E-state index is 11.4. The molecule has 5 nitrogen and oxygen atoms in total. The van der Waals surface area contributed by atoms with Gasteiger partial charge in [-0.1, -0.05) is 0 Å². The van der Waals surface area contributed by atoms with Crippen molar-refractivity contribution in [3.63, 3.8) is 0 Å². The van der Waals surface area contributed by atoms with Crippen molar-refractivity contribution in [3.05, 3.63) is 0 Å². The standard InChI is InChI=1S/C11H23NO4S/c1-6-15-10(13)8-12(17(3,4)5)9-11(14)16-7-2/h6-9H2,1-5H3. The molecule has 0 spiro atoms. The molecule has 0 aromatic rings. The minimum absolute atomic E-state index is 0.130. The summed E-state index contributed by atoms with van der Waals surface area (Å²) in [6, 6.07) is 0. The number of rotatable bonds is 7. The number of nitrogens with zero attached hydrogens (tertiary/aromatic N) is 1. The molecular formula is C11H23NO4S. The summed E-state index contributed by atoms with van der Waals surface area (Å²) in [4.78, 5) is 22.9. The number of hydrogen-bond acceptors (Lipinski definition) is 5. The van der Waals surface area contributed by atoms with Gasteiger partial charge in [0, 0.05) is 0 Å². The van der Waals surface area contributed by atoms with Gasteiger partial charge in [0.1, 0.15) is 13.1 Å². The van der Waals surface area contributed by atoms with Crippen molar-refractivity contribution in [1.82, 2.24) is 4.31 Å². The van der Waals surface area contributed by atoms with Crippen LogP contribution in [0.2, 0.25) is 0 Å². The Kier molecular flexibility index (Phi) is 7.22. The fourth-order valence-corrected chi connectivity index (χ4v) is 2.13. The molecule has 0 bridgehead atoms. The molecular weight excluding hydrogens is 242 g/mol. The smallest absolute Gasteiger partial charge is 0.321 e. The summed E-state index contributed by atoms with van der Waals surface area (Å²) in [5.41, 5.74) is 0. The Morgan fingerprint density at radius 1 is 0.941 bits per heavy atom. The van der Waals surface area contributed by atoms with Crippen LogP contribution < -0.4 is 0 Å². The average Bonchev–Trinajstić information content (AvgIpc) is 2.16. The minimum atomic E-state index is -1.16. The first-order valence-corrected chi connectivity index (χ1v) is 8.37. The summed E-state index contributed by atoms with van der Waals surface area (Å²) in [5.74, 6) is -0.613. The van der Waals surface area contributed by atoms with Crippen molar-refractivity contribution in [2.24, 2.45) is 0 Å². The Hall–Kier alpha value is -0.750. The highest BCUT2D eigenvalue weighted by atomic mass is 32.3. The van der Waals surface area contributed by atoms with E-state index in [1.165, 1.54) is 0 Å². The van der Waals surface area contributed by atoms with E-state index in [2.05, 4.69) is 0 Å². The summed E-state index contributed by atoms with van der Waals surface area (Å²) in [7, 11) is -1.16.